The minimum absolute atomic E-state index is 0.0246. The number of hydrogen-bond acceptors (Lipinski definition) is 12. The number of nitrogens with one attached hydrogen (secondary N) is 7. The number of carbonyl (C=O) groups is 9. The second kappa shape index (κ2) is 29.1. The summed E-state index contributed by atoms with van der Waals surface area (Å²) < 4.78 is 6.07. The summed E-state index contributed by atoms with van der Waals surface area (Å²) in [6.07, 6.45) is 4.86. The van der Waals surface area contributed by atoms with Crippen molar-refractivity contribution in [3.8, 4) is 0 Å². The summed E-state index contributed by atoms with van der Waals surface area (Å²) in [4.78, 5) is 112. The zero-order chi connectivity index (χ0) is 46.0. The second-order valence-electron chi connectivity index (χ2n) is 16.3. The Kier molecular flexibility index (Phi) is 26.2. The number of likely N-dealkylation sites (N-methyl/N-ethyl adjacent to an activating group) is 1. The molecular weight excluding hydrogens is 809 g/mol. The van der Waals surface area contributed by atoms with Gasteiger partial charge >= 0.3 is 0 Å². The van der Waals surface area contributed by atoms with Crippen LogP contribution in [0.3, 0.4) is 0 Å². The van der Waals surface area contributed by atoms with Crippen LogP contribution in [0.5, 0.6) is 0 Å². The molecule has 9 amide bonds. The van der Waals surface area contributed by atoms with Crippen molar-refractivity contribution in [3.05, 3.63) is 0 Å². The van der Waals surface area contributed by atoms with Crippen molar-refractivity contribution in [2.24, 2.45) is 5.73 Å². The van der Waals surface area contributed by atoms with Crippen LogP contribution in [0.25, 0.3) is 0 Å². The highest BCUT2D eigenvalue weighted by molar-refractivity contribution is 8.00. The van der Waals surface area contributed by atoms with Gasteiger partial charge in [-0.1, -0.05) is 13.3 Å². The van der Waals surface area contributed by atoms with Gasteiger partial charge in [0.1, 0.15) is 12.1 Å². The Morgan fingerprint density at radius 3 is 2.16 bits per heavy atom. The summed E-state index contributed by atoms with van der Waals surface area (Å²) in [5.41, 5.74) is 4.12. The molecular formula is C40H70BN9O10S. The molecule has 2 radical (unpaired) electrons. The van der Waals surface area contributed by atoms with E-state index in [1.165, 1.54) is 11.8 Å². The van der Waals surface area contributed by atoms with Crippen molar-refractivity contribution in [2.45, 2.75) is 153 Å². The van der Waals surface area contributed by atoms with Crippen LogP contribution in [0.1, 0.15) is 125 Å². The van der Waals surface area contributed by atoms with E-state index in [0.717, 1.165) is 4.90 Å². The smallest absolute Gasteiger partial charge is 0.242 e. The molecule has 0 bridgehead atoms. The number of nitrogens with zero attached hydrogens (tertiary/aromatic N) is 1. The van der Waals surface area contributed by atoms with Crippen LogP contribution in [-0.2, 0) is 47.9 Å². The van der Waals surface area contributed by atoms with Gasteiger partial charge in [-0.2, -0.15) is 0 Å². The van der Waals surface area contributed by atoms with Gasteiger partial charge in [-0.25, -0.2) is 0 Å². The van der Waals surface area contributed by atoms with E-state index in [1.807, 2.05) is 32.9 Å². The summed E-state index contributed by atoms with van der Waals surface area (Å²) in [7, 11) is 6.95. The molecule has 344 valence electrons. The predicted molar refractivity (Wildman–Crippen MR) is 232 cm³/mol. The number of hydrogen-bond donors (Lipinski definition) is 8. The molecule has 3 atom stereocenters. The molecule has 19 nitrogen and oxygen atoms in total. The van der Waals surface area contributed by atoms with Crippen molar-refractivity contribution in [3.63, 3.8) is 0 Å². The Labute approximate surface area is 366 Å². The normalized spacial score (nSPS) is 15.1. The fourth-order valence-corrected chi connectivity index (χ4v) is 7.31. The molecule has 1 fully saturated rings. The van der Waals surface area contributed by atoms with Crippen molar-refractivity contribution < 1.29 is 47.9 Å². The molecule has 0 saturated carbocycles. The monoisotopic (exact) mass is 880 g/mol. The largest absolute Gasteiger partial charge is 0.407 e. The Bertz CT molecular complexity index is 1490. The lowest BCUT2D eigenvalue weighted by atomic mass is 9.99. The Morgan fingerprint density at radius 1 is 0.820 bits per heavy atom. The molecule has 1 rings (SSSR count). The average Bonchev–Trinajstić information content (AvgIpc) is 3.46. The van der Waals surface area contributed by atoms with E-state index in [0.29, 0.717) is 83.4 Å². The first-order valence-corrected chi connectivity index (χ1v) is 22.3. The van der Waals surface area contributed by atoms with Crippen molar-refractivity contribution in [1.29, 1.82) is 0 Å². The summed E-state index contributed by atoms with van der Waals surface area (Å²) in [6, 6.07) is -1.83. The zero-order valence-electron chi connectivity index (χ0n) is 37.0. The molecule has 21 heteroatoms. The Hall–Kier alpha value is -4.24. The standard InChI is InChI=1S/C40H70BN9O10S/c1-7-30(51)46-27(36(42)57)13-10-11-19-44-31(52)15-17-40(4,5)60-23-18-39(2,3)48-33(54)16-22-50-35(56)26-29(38(50)59)61-24-12-8-9-14-32(53)47-28(37(58)49-41)25-34(55)45-21-20-43-6/h27-29,43H,7-26H2,1-6H3,(H2,42,57)(H,44,52)(H,45,55)(H,46,51)(H,47,53)(H,48,54)(H,49,58)/t27-,28-,29?/m0/s1. The van der Waals surface area contributed by atoms with E-state index in [9.17, 15) is 43.2 Å². The van der Waals surface area contributed by atoms with Crippen molar-refractivity contribution >= 4 is 72.9 Å². The van der Waals surface area contributed by atoms with E-state index in [4.69, 9.17) is 18.5 Å². The molecule has 1 saturated heterocycles. The molecule has 1 heterocycles. The summed E-state index contributed by atoms with van der Waals surface area (Å²) in [5, 5.41) is 17.9. The van der Waals surface area contributed by atoms with E-state index < -0.39 is 52.1 Å². The molecule has 1 unspecified atom stereocenters. The van der Waals surface area contributed by atoms with E-state index in [-0.39, 0.29) is 74.6 Å². The van der Waals surface area contributed by atoms with Crippen LogP contribution in [0.4, 0.5) is 0 Å². The minimum Gasteiger partial charge on any atom is -0.407 e. The maximum atomic E-state index is 13.0. The maximum absolute atomic E-state index is 13.0. The summed E-state index contributed by atoms with van der Waals surface area (Å²) in [6.45, 7) is 10.8. The minimum atomic E-state index is -1.10. The number of primary amides is 1. The molecule has 61 heavy (non-hydrogen) atoms. The van der Waals surface area contributed by atoms with Crippen molar-refractivity contribution in [1.82, 2.24) is 42.0 Å². The summed E-state index contributed by atoms with van der Waals surface area (Å²) in [5.74, 6) is -2.78. The first kappa shape index (κ1) is 54.8. The van der Waals surface area contributed by atoms with Gasteiger partial charge in [-0.05, 0) is 85.4 Å². The molecule has 1 aliphatic rings. The third-order valence-corrected chi connectivity index (χ3v) is 11.2. The summed E-state index contributed by atoms with van der Waals surface area (Å²) >= 11 is 1.37. The van der Waals surface area contributed by atoms with E-state index in [2.05, 4.69) is 31.9 Å². The first-order valence-electron chi connectivity index (χ1n) is 21.2. The molecule has 0 aliphatic carbocycles. The fourth-order valence-electron chi connectivity index (χ4n) is 6.13. The van der Waals surface area contributed by atoms with Crippen LogP contribution >= 0.6 is 11.8 Å². The van der Waals surface area contributed by atoms with E-state index >= 15 is 0 Å². The SMILES string of the molecule is [B]NC(=O)[C@H](CC(=O)NCCNC)NC(=O)CCCCCSC1CC(=O)N(CCC(=O)NC(C)(C)CCOC(C)(C)CCC(=O)NCCCC[C@H](NC(=O)CC)C(N)=O)C1=O. The van der Waals surface area contributed by atoms with Gasteiger partial charge in [0.15, 0.2) is 0 Å². The number of nitrogens with two attached hydrogens (primary N) is 1. The van der Waals surface area contributed by atoms with Crippen LogP contribution in [-0.4, -0.2) is 140 Å². The Morgan fingerprint density at radius 2 is 1.51 bits per heavy atom. The average molecular weight is 880 g/mol. The predicted octanol–water partition coefficient (Wildman–Crippen LogP) is -0.265. The highest BCUT2D eigenvalue weighted by atomic mass is 32.2. The highest BCUT2D eigenvalue weighted by Gasteiger charge is 2.39. The third-order valence-electron chi connectivity index (χ3n) is 9.91. The number of amides is 9. The lowest BCUT2D eigenvalue weighted by Crippen LogP contribution is -2.48. The second-order valence-corrected chi connectivity index (χ2v) is 17.6. The van der Waals surface area contributed by atoms with Gasteiger partial charge in [-0.15, -0.1) is 11.8 Å². The number of imide groups is 1. The van der Waals surface area contributed by atoms with Crippen LogP contribution < -0.4 is 42.9 Å². The number of likely N-dealkylation sites (tertiary alicyclic amines) is 1. The molecule has 9 N–H and O–H groups in total. The van der Waals surface area contributed by atoms with Gasteiger partial charge < -0.3 is 47.6 Å². The van der Waals surface area contributed by atoms with E-state index in [1.54, 1.807) is 14.0 Å². The van der Waals surface area contributed by atoms with Crippen LogP contribution in [0.2, 0.25) is 0 Å². The lowest BCUT2D eigenvalue weighted by Gasteiger charge is -2.30. The number of thioether (sulfide) groups is 1. The molecule has 1 aliphatic heterocycles. The van der Waals surface area contributed by atoms with Gasteiger partial charge in [0.05, 0.1) is 17.3 Å². The maximum Gasteiger partial charge on any atom is 0.242 e. The zero-order valence-corrected chi connectivity index (χ0v) is 37.8. The number of rotatable bonds is 33. The fraction of sp³-hybridized carbons (Fsp3) is 0.775. The Balaban J connectivity index is 2.33. The van der Waals surface area contributed by atoms with Crippen LogP contribution in [0, 0.1) is 0 Å². The topological polar surface area (TPSA) is 276 Å². The molecule has 0 aromatic heterocycles. The number of unbranched alkanes of at least 4 members (excludes halogenated alkanes) is 3. The van der Waals surface area contributed by atoms with Gasteiger partial charge in [0.25, 0.3) is 0 Å². The first-order chi connectivity index (χ1) is 28.7. The lowest BCUT2D eigenvalue weighted by molar-refractivity contribution is -0.139. The van der Waals surface area contributed by atoms with Gasteiger partial charge in [0.2, 0.25) is 61.1 Å². The quantitative estimate of drug-likeness (QED) is 0.0241. The highest BCUT2D eigenvalue weighted by Crippen LogP contribution is 2.26. The molecule has 0 aromatic carbocycles. The molecule has 0 aromatic rings. The third kappa shape index (κ3) is 24.1. The van der Waals surface area contributed by atoms with Gasteiger partial charge in [-0.3, -0.25) is 48.1 Å². The molecule has 0 spiro atoms. The number of ether oxygens (including phenoxy) is 1. The van der Waals surface area contributed by atoms with Crippen molar-refractivity contribution in [2.75, 3.05) is 45.6 Å². The number of carbonyl (C=O) groups excluding carboxylic acids is 9. The van der Waals surface area contributed by atoms with Crippen LogP contribution in [0.15, 0.2) is 0 Å². The van der Waals surface area contributed by atoms with Gasteiger partial charge in [0, 0.05) is 70.4 Å².